The average molecular weight is 446 g/mol. The topological polar surface area (TPSA) is 81.0 Å². The molecule has 0 spiro atoms. The molecule has 3 aliphatic rings. The third-order valence-electron chi connectivity index (χ3n) is 5.17. The molecule has 160 valence electrons. The number of aromatic nitrogens is 5. The largest absolute Gasteiger partial charge is 0.424 e. The Kier molecular flexibility index (Phi) is 4.93. The van der Waals surface area contributed by atoms with Gasteiger partial charge in [-0.1, -0.05) is 17.7 Å². The zero-order valence-electron chi connectivity index (χ0n) is 16.5. The number of aryl methyl sites for hydroxylation is 2. The summed E-state index contributed by atoms with van der Waals surface area (Å²) < 4.78 is 33.5. The zero-order valence-corrected chi connectivity index (χ0v) is 17.2. The van der Waals surface area contributed by atoms with Crippen molar-refractivity contribution in [2.45, 2.75) is 19.5 Å². The Morgan fingerprint density at radius 2 is 2.13 bits per heavy atom. The van der Waals surface area contributed by atoms with Crippen LogP contribution < -0.4 is 15.0 Å². The second-order valence-corrected chi connectivity index (χ2v) is 7.78. The minimum Gasteiger partial charge on any atom is -0.424 e. The average Bonchev–Trinajstić information content (AvgIpc) is 3.40. The quantitative estimate of drug-likeness (QED) is 0.593. The van der Waals surface area contributed by atoms with Crippen LogP contribution in [0.3, 0.4) is 0 Å². The Balaban J connectivity index is 1.34. The van der Waals surface area contributed by atoms with Gasteiger partial charge in [-0.3, -0.25) is 0 Å². The second kappa shape index (κ2) is 7.77. The van der Waals surface area contributed by atoms with Crippen LogP contribution in [0, 0.1) is 18.7 Å². The van der Waals surface area contributed by atoms with Crippen LogP contribution in [0.4, 0.5) is 20.5 Å². The molecule has 2 unspecified atom stereocenters. The number of ether oxygens (including phenoxy) is 1. The molecule has 0 radical (unpaired) electrons. The van der Waals surface area contributed by atoms with Crippen molar-refractivity contribution in [1.82, 2.24) is 24.7 Å². The van der Waals surface area contributed by atoms with Crippen molar-refractivity contribution in [1.29, 1.82) is 0 Å². The van der Waals surface area contributed by atoms with Crippen molar-refractivity contribution in [3.8, 4) is 11.8 Å². The minimum absolute atomic E-state index is 0.00737. The van der Waals surface area contributed by atoms with Gasteiger partial charge >= 0.3 is 6.01 Å². The molecule has 11 heteroatoms. The molecule has 8 nitrogen and oxygen atoms in total. The SMILES string of the molecule is Cc1cc(N2CC3C=C2C3Nc2nc(Oc3cc(F)cc(Cl)c3)n(CCF)n2)ncn1. The molecule has 2 aliphatic heterocycles. The van der Waals surface area contributed by atoms with Gasteiger partial charge in [0, 0.05) is 41.0 Å². The summed E-state index contributed by atoms with van der Waals surface area (Å²) in [6, 6.07) is 5.77. The third-order valence-corrected chi connectivity index (χ3v) is 5.38. The molecule has 2 aromatic heterocycles. The van der Waals surface area contributed by atoms with Crippen molar-refractivity contribution >= 4 is 23.4 Å². The smallest absolute Gasteiger partial charge is 0.322 e. The van der Waals surface area contributed by atoms with E-state index < -0.39 is 12.5 Å². The maximum absolute atomic E-state index is 13.6. The van der Waals surface area contributed by atoms with E-state index in [9.17, 15) is 8.78 Å². The van der Waals surface area contributed by atoms with Gasteiger partial charge in [-0.2, -0.15) is 4.98 Å². The number of hydrogen-bond acceptors (Lipinski definition) is 7. The molecule has 1 fully saturated rings. The van der Waals surface area contributed by atoms with Gasteiger partial charge in [0.25, 0.3) is 0 Å². The summed E-state index contributed by atoms with van der Waals surface area (Å²) in [5, 5.41) is 7.77. The Hall–Kier alpha value is -3.27. The molecule has 2 bridgehead atoms. The number of fused-ring (bicyclic) bond motifs is 1. The summed E-state index contributed by atoms with van der Waals surface area (Å²) in [4.78, 5) is 14.9. The van der Waals surface area contributed by atoms with Crippen LogP contribution in [-0.4, -0.2) is 44.0 Å². The van der Waals surface area contributed by atoms with Crippen LogP contribution in [0.15, 0.2) is 42.4 Å². The lowest BCUT2D eigenvalue weighted by molar-refractivity contribution is 0.362. The maximum Gasteiger partial charge on any atom is 0.322 e. The normalized spacial score (nSPS) is 19.2. The van der Waals surface area contributed by atoms with E-state index in [-0.39, 0.29) is 35.3 Å². The van der Waals surface area contributed by atoms with Crippen molar-refractivity contribution in [3.63, 3.8) is 0 Å². The van der Waals surface area contributed by atoms with Crippen LogP contribution >= 0.6 is 11.6 Å². The molecular weight excluding hydrogens is 428 g/mol. The fourth-order valence-electron chi connectivity index (χ4n) is 3.77. The first-order valence-corrected chi connectivity index (χ1v) is 10.1. The van der Waals surface area contributed by atoms with Gasteiger partial charge in [0.2, 0.25) is 5.95 Å². The van der Waals surface area contributed by atoms with Gasteiger partial charge in [-0.05, 0) is 19.1 Å². The zero-order chi connectivity index (χ0) is 21.5. The Morgan fingerprint density at radius 1 is 1.26 bits per heavy atom. The van der Waals surface area contributed by atoms with E-state index in [0.29, 0.717) is 5.95 Å². The van der Waals surface area contributed by atoms with E-state index >= 15 is 0 Å². The van der Waals surface area contributed by atoms with E-state index in [4.69, 9.17) is 16.3 Å². The van der Waals surface area contributed by atoms with Crippen molar-refractivity contribution < 1.29 is 13.5 Å². The second-order valence-electron chi connectivity index (χ2n) is 7.34. The first-order valence-electron chi connectivity index (χ1n) is 9.69. The molecule has 0 saturated carbocycles. The summed E-state index contributed by atoms with van der Waals surface area (Å²) in [6.45, 7) is 2.02. The highest BCUT2D eigenvalue weighted by molar-refractivity contribution is 6.30. The highest BCUT2D eigenvalue weighted by Gasteiger charge is 2.45. The van der Waals surface area contributed by atoms with Gasteiger partial charge in [-0.25, -0.2) is 23.4 Å². The standard InChI is InChI=1S/C20H18ClF2N7O/c1-11-4-17(25-10-24-11)29-9-12-5-16(29)18(12)26-19-27-20(30(28-19)3-2-22)31-15-7-13(21)6-14(23)8-15/h4-8,10,12,18H,2-3,9H2,1H3,(H,26,28). The summed E-state index contributed by atoms with van der Waals surface area (Å²) in [5.74, 6) is 1.02. The number of alkyl halides is 1. The number of halogens is 3. The van der Waals surface area contributed by atoms with Crippen molar-refractivity contribution in [2.75, 3.05) is 23.4 Å². The number of anilines is 2. The van der Waals surface area contributed by atoms with E-state index in [1.807, 2.05) is 13.0 Å². The Labute approximate surface area is 181 Å². The minimum atomic E-state index is -0.652. The Bertz CT molecular complexity index is 1150. The summed E-state index contributed by atoms with van der Waals surface area (Å²) in [7, 11) is 0. The maximum atomic E-state index is 13.6. The van der Waals surface area contributed by atoms with E-state index in [0.717, 1.165) is 23.8 Å². The molecule has 0 amide bonds. The first-order chi connectivity index (χ1) is 15.0. The molecule has 6 rings (SSSR count). The first kappa shape index (κ1) is 19.7. The Morgan fingerprint density at radius 3 is 2.90 bits per heavy atom. The van der Waals surface area contributed by atoms with E-state index in [2.05, 4.69) is 36.3 Å². The van der Waals surface area contributed by atoms with Crippen LogP contribution in [0.5, 0.6) is 11.8 Å². The van der Waals surface area contributed by atoms with Gasteiger partial charge in [0.1, 0.15) is 30.4 Å². The molecule has 31 heavy (non-hydrogen) atoms. The molecular formula is C20H18ClF2N7O. The van der Waals surface area contributed by atoms with Crippen LogP contribution in [-0.2, 0) is 6.54 Å². The van der Waals surface area contributed by atoms with Gasteiger partial charge in [0.05, 0.1) is 12.6 Å². The lowest BCUT2D eigenvalue weighted by atomic mass is 9.91. The number of nitrogens with zero attached hydrogens (tertiary/aromatic N) is 6. The molecule has 1 saturated heterocycles. The molecule has 1 N–H and O–H groups in total. The summed E-state index contributed by atoms with van der Waals surface area (Å²) in [5.41, 5.74) is 1.97. The summed E-state index contributed by atoms with van der Waals surface area (Å²) in [6.07, 6.45) is 3.71. The van der Waals surface area contributed by atoms with Gasteiger partial charge in [0.15, 0.2) is 0 Å². The predicted molar refractivity (Wildman–Crippen MR) is 111 cm³/mol. The van der Waals surface area contributed by atoms with Crippen LogP contribution in [0.2, 0.25) is 5.02 Å². The molecule has 1 aromatic carbocycles. The third kappa shape index (κ3) is 3.78. The number of rotatable bonds is 7. The van der Waals surface area contributed by atoms with Crippen LogP contribution in [0.25, 0.3) is 0 Å². The molecule has 2 atom stereocenters. The monoisotopic (exact) mass is 445 g/mol. The number of nitrogens with one attached hydrogen (secondary N) is 1. The lowest BCUT2D eigenvalue weighted by Gasteiger charge is -2.27. The van der Waals surface area contributed by atoms with Gasteiger partial charge < -0.3 is 15.0 Å². The van der Waals surface area contributed by atoms with E-state index in [1.54, 1.807) is 6.33 Å². The van der Waals surface area contributed by atoms with Crippen LogP contribution in [0.1, 0.15) is 5.69 Å². The molecule has 3 aromatic rings. The number of benzene rings is 1. The molecule has 4 heterocycles. The molecule has 1 aliphatic carbocycles. The van der Waals surface area contributed by atoms with Crippen molar-refractivity contribution in [2.24, 2.45) is 5.92 Å². The van der Waals surface area contributed by atoms with Gasteiger partial charge in [-0.15, -0.1) is 5.10 Å². The predicted octanol–water partition coefficient (Wildman–Crippen LogP) is 3.75. The number of hydrogen-bond donors (Lipinski definition) is 1. The highest BCUT2D eigenvalue weighted by atomic mass is 35.5. The fourth-order valence-corrected chi connectivity index (χ4v) is 3.98. The summed E-state index contributed by atoms with van der Waals surface area (Å²) >= 11 is 5.88. The van der Waals surface area contributed by atoms with Crippen molar-refractivity contribution in [3.05, 3.63) is 58.9 Å². The fraction of sp³-hybridized carbons (Fsp3) is 0.300. The lowest BCUT2D eigenvalue weighted by Crippen LogP contribution is -2.34. The van der Waals surface area contributed by atoms with E-state index in [1.165, 1.54) is 22.9 Å². The highest BCUT2D eigenvalue weighted by Crippen LogP contribution is 2.42.